The molecule has 1 aliphatic carbocycles. The van der Waals surface area contributed by atoms with Crippen LogP contribution in [0.2, 0.25) is 0 Å². The number of rotatable bonds is 12. The van der Waals surface area contributed by atoms with E-state index in [2.05, 4.69) is 30.5 Å². The number of nitrogens with zero attached hydrogens (tertiary/aromatic N) is 2. The SMILES string of the molecule is C=C(c1ccccc1OC)N(CC1CCCN(CC2CCC2)C1)C(=O)c1cc(-c2ccc(O)cc2)ccc1CCCC. The number of benzene rings is 3. The van der Waals surface area contributed by atoms with E-state index >= 15 is 0 Å². The van der Waals surface area contributed by atoms with Crippen LogP contribution in [0.5, 0.6) is 11.5 Å². The molecule has 42 heavy (non-hydrogen) atoms. The number of phenolic OH excluding ortho intramolecular Hbond substituents is 1. The van der Waals surface area contributed by atoms with Crippen molar-refractivity contribution in [2.75, 3.05) is 33.3 Å². The summed E-state index contributed by atoms with van der Waals surface area (Å²) in [5.74, 6) is 2.17. The van der Waals surface area contributed by atoms with Gasteiger partial charge in [-0.1, -0.05) is 62.7 Å². The van der Waals surface area contributed by atoms with E-state index in [1.807, 2.05) is 47.4 Å². The van der Waals surface area contributed by atoms with E-state index in [9.17, 15) is 9.90 Å². The number of unbranched alkanes of at least 4 members (excludes halogenated alkanes) is 1. The molecule has 1 unspecified atom stereocenters. The van der Waals surface area contributed by atoms with Gasteiger partial charge < -0.3 is 19.6 Å². The van der Waals surface area contributed by atoms with Crippen LogP contribution in [0.25, 0.3) is 16.8 Å². The molecule has 0 spiro atoms. The number of para-hydroxylation sites is 1. The Morgan fingerprint density at radius 1 is 0.976 bits per heavy atom. The lowest BCUT2D eigenvalue weighted by atomic mass is 9.84. The molecule has 222 valence electrons. The van der Waals surface area contributed by atoms with Gasteiger partial charge in [-0.3, -0.25) is 4.79 Å². The summed E-state index contributed by atoms with van der Waals surface area (Å²) in [6.45, 7) is 10.7. The van der Waals surface area contributed by atoms with Gasteiger partial charge in [-0.2, -0.15) is 0 Å². The molecule has 1 heterocycles. The zero-order chi connectivity index (χ0) is 29.5. The lowest BCUT2D eigenvalue weighted by Crippen LogP contribution is -2.44. The molecule has 1 aliphatic heterocycles. The molecule has 5 nitrogen and oxygen atoms in total. The van der Waals surface area contributed by atoms with Crippen LogP contribution in [0.3, 0.4) is 0 Å². The highest BCUT2D eigenvalue weighted by Crippen LogP contribution is 2.34. The van der Waals surface area contributed by atoms with Gasteiger partial charge in [0.05, 0.1) is 7.11 Å². The molecule has 5 heteroatoms. The molecule has 2 aliphatic rings. The summed E-state index contributed by atoms with van der Waals surface area (Å²) in [6, 6.07) is 21.3. The van der Waals surface area contributed by atoms with Crippen LogP contribution in [0, 0.1) is 11.8 Å². The number of aromatic hydroxyl groups is 1. The van der Waals surface area contributed by atoms with Crippen molar-refractivity contribution < 1.29 is 14.6 Å². The summed E-state index contributed by atoms with van der Waals surface area (Å²) >= 11 is 0. The third-order valence-electron chi connectivity index (χ3n) is 9.11. The fourth-order valence-electron chi connectivity index (χ4n) is 6.45. The Kier molecular flexibility index (Phi) is 10.0. The van der Waals surface area contributed by atoms with E-state index in [-0.39, 0.29) is 11.7 Å². The minimum atomic E-state index is -0.00578. The molecule has 0 bridgehead atoms. The summed E-state index contributed by atoms with van der Waals surface area (Å²) in [6.07, 6.45) is 9.28. The average molecular weight is 567 g/mol. The topological polar surface area (TPSA) is 53.0 Å². The number of likely N-dealkylation sites (tertiary alicyclic amines) is 1. The first-order chi connectivity index (χ1) is 20.5. The summed E-state index contributed by atoms with van der Waals surface area (Å²) in [5.41, 5.74) is 5.26. The van der Waals surface area contributed by atoms with E-state index in [0.29, 0.717) is 18.2 Å². The minimum absolute atomic E-state index is 0.00578. The second-order valence-corrected chi connectivity index (χ2v) is 12.1. The molecule has 1 N–H and O–H groups in total. The van der Waals surface area contributed by atoms with Crippen molar-refractivity contribution in [1.82, 2.24) is 9.80 Å². The Bertz CT molecular complexity index is 1360. The van der Waals surface area contributed by atoms with E-state index in [1.54, 1.807) is 19.2 Å². The third-order valence-corrected chi connectivity index (χ3v) is 9.11. The number of methoxy groups -OCH3 is 1. The second-order valence-electron chi connectivity index (χ2n) is 12.1. The van der Waals surface area contributed by atoms with Crippen LogP contribution < -0.4 is 4.74 Å². The number of hydrogen-bond donors (Lipinski definition) is 1. The first-order valence-corrected chi connectivity index (χ1v) is 15.8. The van der Waals surface area contributed by atoms with Gasteiger partial charge in [0.2, 0.25) is 0 Å². The van der Waals surface area contributed by atoms with Gasteiger partial charge in [-0.15, -0.1) is 0 Å². The normalized spacial score (nSPS) is 17.4. The van der Waals surface area contributed by atoms with Crippen LogP contribution in [-0.2, 0) is 6.42 Å². The predicted molar refractivity (Wildman–Crippen MR) is 172 cm³/mol. The van der Waals surface area contributed by atoms with Crippen molar-refractivity contribution >= 4 is 11.6 Å². The van der Waals surface area contributed by atoms with Gasteiger partial charge in [0.15, 0.2) is 0 Å². The lowest BCUT2D eigenvalue weighted by Gasteiger charge is -2.39. The monoisotopic (exact) mass is 566 g/mol. The Labute approximate surface area is 251 Å². The number of aryl methyl sites for hydroxylation is 1. The lowest BCUT2D eigenvalue weighted by molar-refractivity contribution is 0.0755. The van der Waals surface area contributed by atoms with E-state index in [0.717, 1.165) is 78.3 Å². The highest BCUT2D eigenvalue weighted by molar-refractivity contribution is 6.02. The Hall–Kier alpha value is -3.57. The molecule has 1 saturated heterocycles. The Morgan fingerprint density at radius 3 is 2.43 bits per heavy atom. The fraction of sp³-hybridized carbons (Fsp3) is 0.432. The second kappa shape index (κ2) is 14.1. The van der Waals surface area contributed by atoms with Crippen molar-refractivity contribution in [3.8, 4) is 22.6 Å². The van der Waals surface area contributed by atoms with Crippen molar-refractivity contribution in [3.63, 3.8) is 0 Å². The Morgan fingerprint density at radius 2 is 1.71 bits per heavy atom. The number of ether oxygens (including phenoxy) is 1. The largest absolute Gasteiger partial charge is 0.508 e. The van der Waals surface area contributed by atoms with Crippen LogP contribution in [0.1, 0.15) is 73.4 Å². The summed E-state index contributed by atoms with van der Waals surface area (Å²) in [7, 11) is 1.67. The maximum atomic E-state index is 14.7. The molecular weight excluding hydrogens is 520 g/mol. The Balaban J connectivity index is 1.49. The van der Waals surface area contributed by atoms with Crippen molar-refractivity contribution in [1.29, 1.82) is 0 Å². The number of amides is 1. The van der Waals surface area contributed by atoms with Gasteiger partial charge >= 0.3 is 0 Å². The number of phenols is 1. The van der Waals surface area contributed by atoms with Gasteiger partial charge in [0, 0.05) is 36.5 Å². The molecule has 2 fully saturated rings. The smallest absolute Gasteiger partial charge is 0.258 e. The van der Waals surface area contributed by atoms with E-state index in [4.69, 9.17) is 4.74 Å². The number of piperidine rings is 1. The molecule has 1 saturated carbocycles. The number of carbonyl (C=O) groups is 1. The van der Waals surface area contributed by atoms with Crippen LogP contribution in [0.4, 0.5) is 0 Å². The molecule has 0 aromatic heterocycles. The maximum absolute atomic E-state index is 14.7. The maximum Gasteiger partial charge on any atom is 0.258 e. The quantitative estimate of drug-likeness (QED) is 0.241. The molecular formula is C37H46N2O3. The molecule has 1 amide bonds. The van der Waals surface area contributed by atoms with E-state index in [1.165, 1.54) is 32.2 Å². The predicted octanol–water partition coefficient (Wildman–Crippen LogP) is 8.04. The molecule has 1 atom stereocenters. The van der Waals surface area contributed by atoms with Gasteiger partial charge in [-0.05, 0) is 104 Å². The zero-order valence-corrected chi connectivity index (χ0v) is 25.4. The first-order valence-electron chi connectivity index (χ1n) is 15.8. The summed E-state index contributed by atoms with van der Waals surface area (Å²) in [4.78, 5) is 19.3. The third kappa shape index (κ3) is 7.07. The van der Waals surface area contributed by atoms with Gasteiger partial charge in [-0.25, -0.2) is 0 Å². The van der Waals surface area contributed by atoms with E-state index < -0.39 is 0 Å². The van der Waals surface area contributed by atoms with Crippen molar-refractivity contribution in [3.05, 3.63) is 90.0 Å². The average Bonchev–Trinajstić information content (AvgIpc) is 3.00. The van der Waals surface area contributed by atoms with Gasteiger partial charge in [0.1, 0.15) is 11.5 Å². The highest BCUT2D eigenvalue weighted by atomic mass is 16.5. The fourth-order valence-corrected chi connectivity index (χ4v) is 6.45. The van der Waals surface area contributed by atoms with Crippen molar-refractivity contribution in [2.45, 2.75) is 58.3 Å². The first kappa shape index (κ1) is 29.9. The number of hydrogen-bond acceptors (Lipinski definition) is 4. The van der Waals surface area contributed by atoms with Crippen LogP contribution >= 0.6 is 0 Å². The summed E-state index contributed by atoms with van der Waals surface area (Å²) in [5, 5.41) is 9.83. The molecule has 3 aromatic rings. The molecule has 0 radical (unpaired) electrons. The van der Waals surface area contributed by atoms with Crippen LogP contribution in [0.15, 0.2) is 73.3 Å². The zero-order valence-electron chi connectivity index (χ0n) is 25.4. The standard InChI is InChI=1S/C37H46N2O3/c1-4-5-13-31-16-17-32(30-18-20-33(40)21-19-30)23-35(31)37(41)39(27(2)34-14-6-7-15-36(34)42-3)26-29-12-9-22-38(25-29)24-28-10-8-11-28/h6-7,14-21,23,28-29,40H,2,4-5,8-13,22,24-26H2,1,3H3. The van der Waals surface area contributed by atoms with Crippen molar-refractivity contribution in [2.24, 2.45) is 11.8 Å². The minimum Gasteiger partial charge on any atom is -0.508 e. The highest BCUT2D eigenvalue weighted by Gasteiger charge is 2.30. The molecule has 3 aromatic carbocycles. The molecule has 5 rings (SSSR count). The number of carbonyl (C=O) groups excluding carboxylic acids is 1. The van der Waals surface area contributed by atoms with Crippen LogP contribution in [-0.4, -0.2) is 54.1 Å². The summed E-state index contributed by atoms with van der Waals surface area (Å²) < 4.78 is 5.71. The van der Waals surface area contributed by atoms with Gasteiger partial charge in [0.25, 0.3) is 5.91 Å².